The second-order valence-electron chi connectivity index (χ2n) is 11.5. The van der Waals surface area contributed by atoms with E-state index in [1.807, 2.05) is 0 Å². The van der Waals surface area contributed by atoms with Gasteiger partial charge in [0.05, 0.1) is 11.1 Å². The largest absolute Gasteiger partial charge is 0.461 e. The van der Waals surface area contributed by atoms with Gasteiger partial charge in [-0.1, -0.05) is 61.6 Å². The molecule has 0 aliphatic carbocycles. The number of rotatable bonds is 6. The Morgan fingerprint density at radius 3 is 2.12 bits per heavy atom. The number of halogens is 5. The van der Waals surface area contributed by atoms with Crippen molar-refractivity contribution in [2.24, 2.45) is 7.05 Å². The third-order valence-electron chi connectivity index (χ3n) is 7.04. The number of alkyl halides is 5. The zero-order chi connectivity index (χ0) is 38.3. The lowest BCUT2D eigenvalue weighted by Gasteiger charge is -2.20. The lowest BCUT2D eigenvalue weighted by atomic mass is 9.92. The van der Waals surface area contributed by atoms with Gasteiger partial charge in [-0.25, -0.2) is 9.55 Å². The van der Waals surface area contributed by atoms with E-state index < -0.39 is 56.8 Å². The van der Waals surface area contributed by atoms with Crippen LogP contribution < -0.4 is 4.57 Å². The van der Waals surface area contributed by atoms with Gasteiger partial charge < -0.3 is 0 Å². The van der Waals surface area contributed by atoms with E-state index in [1.54, 1.807) is 39.7 Å². The lowest BCUT2D eigenvalue weighted by molar-refractivity contribution is -0.660. The van der Waals surface area contributed by atoms with Crippen LogP contribution in [0.2, 0.25) is 19.6 Å². The second-order valence-corrected chi connectivity index (χ2v) is 16.3. The number of hydrogen-bond donors (Lipinski definition) is 0. The van der Waals surface area contributed by atoms with Crippen molar-refractivity contribution in [2.45, 2.75) is 58.4 Å². The highest BCUT2D eigenvalue weighted by Gasteiger charge is 2.62. The number of pyridine rings is 1. The first-order valence-electron chi connectivity index (χ1n) is 17.4. The third-order valence-corrected chi connectivity index (χ3v) is 8.08. The number of benzene rings is 3. The molecule has 0 radical (unpaired) electrons. The zero-order valence-electron chi connectivity index (χ0n) is 32.2. The van der Waals surface area contributed by atoms with Gasteiger partial charge in [-0.3, -0.25) is 4.57 Å². The topological polar surface area (TPSA) is 21.7 Å². The number of nitrogens with zero attached hydrogens (tertiary/aromatic N) is 3. The van der Waals surface area contributed by atoms with Crippen LogP contribution >= 0.6 is 0 Å². The van der Waals surface area contributed by atoms with E-state index >= 15 is 8.78 Å². The summed E-state index contributed by atoms with van der Waals surface area (Å²) in [5, 5.41) is 0. The van der Waals surface area contributed by atoms with Crippen LogP contribution in [0.15, 0.2) is 72.9 Å². The van der Waals surface area contributed by atoms with Crippen LogP contribution in [0.25, 0.3) is 39.1 Å². The molecule has 5 rings (SSSR count). The molecule has 0 amide bonds. The molecule has 2 heterocycles. The average Bonchev–Trinajstić information content (AvgIpc) is 3.40. The number of aromatic nitrogens is 3. The van der Waals surface area contributed by atoms with E-state index in [2.05, 4.69) is 4.98 Å². The number of imidazole rings is 1. The number of aryl methyl sites for hydroxylation is 4. The van der Waals surface area contributed by atoms with Crippen molar-refractivity contribution in [1.82, 2.24) is 9.55 Å². The van der Waals surface area contributed by atoms with Crippen molar-refractivity contribution in [3.05, 3.63) is 101 Å². The minimum atomic E-state index is -5.98. The fourth-order valence-electron chi connectivity index (χ4n) is 5.18. The summed E-state index contributed by atoms with van der Waals surface area (Å²) in [7, 11) is -1.12. The molecule has 0 spiro atoms. The molecule has 3 aromatic carbocycles. The Labute approximate surface area is 260 Å². The first kappa shape index (κ1) is 21.8. The van der Waals surface area contributed by atoms with Crippen molar-refractivity contribution >= 4 is 19.1 Å². The highest BCUT2D eigenvalue weighted by Crippen LogP contribution is 2.46. The Hall–Kier alpha value is -3.85. The van der Waals surface area contributed by atoms with Gasteiger partial charge in [0.15, 0.2) is 12.0 Å². The van der Waals surface area contributed by atoms with E-state index in [4.69, 9.17) is 11.0 Å². The smallest absolute Gasteiger partial charge is 0.291 e. The molecule has 0 fully saturated rings. The van der Waals surface area contributed by atoms with E-state index in [0.29, 0.717) is 5.56 Å². The maximum absolute atomic E-state index is 15.2. The number of hydrogen-bond acceptors (Lipinski definition) is 1. The first-order chi connectivity index (χ1) is 23.2. The van der Waals surface area contributed by atoms with E-state index in [-0.39, 0.29) is 44.7 Å². The third kappa shape index (κ3) is 5.62. The normalized spacial score (nSPS) is 16.4. The Balaban J connectivity index is 1.89. The van der Waals surface area contributed by atoms with E-state index in [1.165, 1.54) is 71.4 Å². The Bertz CT molecular complexity index is 2100. The van der Waals surface area contributed by atoms with E-state index in [0.717, 1.165) is 4.57 Å². The molecule has 224 valence electrons. The quantitative estimate of drug-likeness (QED) is 0.106. The lowest BCUT2D eigenvalue weighted by Crippen LogP contribution is -2.36. The summed E-state index contributed by atoms with van der Waals surface area (Å²) in [5.41, 5.74) is -0.410. The monoisotopic (exact) mass is 616 g/mol. The summed E-state index contributed by atoms with van der Waals surface area (Å²) in [4.78, 5) is 3.94. The predicted molar refractivity (Wildman–Crippen MR) is 164 cm³/mol. The predicted octanol–water partition coefficient (Wildman–Crippen LogP) is 9.18. The molecular weight excluding hydrogens is 573 g/mol. The Morgan fingerprint density at radius 2 is 1.53 bits per heavy atom. The molecule has 0 aliphatic heterocycles. The highest BCUT2D eigenvalue weighted by atomic mass is 28.3. The van der Waals surface area contributed by atoms with Crippen molar-refractivity contribution in [2.75, 3.05) is 0 Å². The van der Waals surface area contributed by atoms with Crippen molar-refractivity contribution < 1.29 is 37.5 Å². The number of fused-ring (bicyclic) bond motifs is 1. The van der Waals surface area contributed by atoms with Gasteiger partial charge in [0, 0.05) is 36.9 Å². The molecule has 2 aromatic heterocycles. The molecule has 0 saturated carbocycles. The van der Waals surface area contributed by atoms with Crippen LogP contribution in [0, 0.1) is 20.6 Å². The molecular formula is C34H35F5N3Si+. The van der Waals surface area contributed by atoms with E-state index in [9.17, 15) is 13.2 Å². The number of para-hydroxylation sites is 1. The Morgan fingerprint density at radius 1 is 0.884 bits per heavy atom. The molecule has 0 aliphatic rings. The van der Waals surface area contributed by atoms with Gasteiger partial charge in [0.1, 0.15) is 12.6 Å². The summed E-state index contributed by atoms with van der Waals surface area (Å²) in [5.74, 6) is -8.92. The maximum atomic E-state index is 15.2. The SMILES string of the molecule is [2H]C([2H])([2H])c1cc(C([2H])([2H])[Si](C)(C)C)cc(C([2H])([2H])[2H])c1-c1cc[n+](C)c(-c2c(C)ccc3c2nc(C(F)(F)C(F)(F)F)n3-c2ccccc2)c1. The van der Waals surface area contributed by atoms with Gasteiger partial charge in [0.2, 0.25) is 5.69 Å². The molecule has 3 nitrogen and oxygen atoms in total. The van der Waals surface area contributed by atoms with Crippen LogP contribution in [0.3, 0.4) is 0 Å². The molecule has 0 unspecified atom stereocenters. The highest BCUT2D eigenvalue weighted by molar-refractivity contribution is 6.75. The summed E-state index contributed by atoms with van der Waals surface area (Å²) >= 11 is 0. The van der Waals surface area contributed by atoms with Gasteiger partial charge in [-0.05, 0) is 72.6 Å². The summed E-state index contributed by atoms with van der Waals surface area (Å²) in [6, 6.07) is 15.5. The van der Waals surface area contributed by atoms with Crippen LogP contribution in [-0.4, -0.2) is 23.8 Å². The standard InChI is InChI=1S/C34H35F5N3Si/c1-21-13-14-27-31(40-32(33(35,36)34(37,38)39)42(27)26-11-9-8-10-12-26)30(21)28-19-25(15-16-41(28)4)29-22(2)17-24(18-23(29)3)20-43(5,6)7/h8-19H,20H2,1-7H3/q+1/i2D3,3D3,20D2. The first-order valence-corrected chi connectivity index (χ1v) is 16.9. The summed E-state index contributed by atoms with van der Waals surface area (Å²) in [6.45, 7) is 1.04. The fraction of sp³-hybridized carbons (Fsp3) is 0.294. The van der Waals surface area contributed by atoms with Gasteiger partial charge in [-0.2, -0.15) is 22.0 Å². The average molecular weight is 617 g/mol. The molecule has 0 saturated heterocycles. The molecule has 9 heteroatoms. The fourth-order valence-corrected chi connectivity index (χ4v) is 6.19. The van der Waals surface area contributed by atoms with Crippen LogP contribution in [0.5, 0.6) is 0 Å². The van der Waals surface area contributed by atoms with Gasteiger partial charge in [-0.15, -0.1) is 0 Å². The van der Waals surface area contributed by atoms with Crippen molar-refractivity contribution in [1.29, 1.82) is 0 Å². The molecule has 0 atom stereocenters. The minimum absolute atomic E-state index is 0.00904. The van der Waals surface area contributed by atoms with Crippen LogP contribution in [-0.2, 0) is 19.0 Å². The van der Waals surface area contributed by atoms with Crippen LogP contribution in [0.4, 0.5) is 22.0 Å². The van der Waals surface area contributed by atoms with Crippen molar-refractivity contribution in [3.63, 3.8) is 0 Å². The summed E-state index contributed by atoms with van der Waals surface area (Å²) < 4.78 is 142. The van der Waals surface area contributed by atoms with Gasteiger partial charge in [0.25, 0.3) is 0 Å². The Kier molecular flexibility index (Phi) is 5.42. The second kappa shape index (κ2) is 10.7. The molecule has 0 bridgehead atoms. The van der Waals surface area contributed by atoms with Crippen LogP contribution in [0.1, 0.15) is 39.0 Å². The van der Waals surface area contributed by atoms with Crippen molar-refractivity contribution in [3.8, 4) is 28.1 Å². The molecule has 43 heavy (non-hydrogen) atoms. The zero-order valence-corrected chi connectivity index (χ0v) is 25.2. The molecule has 0 N–H and O–H groups in total. The summed E-state index contributed by atoms with van der Waals surface area (Å²) in [6.07, 6.45) is -4.49. The maximum Gasteiger partial charge on any atom is 0.461 e. The molecule has 5 aromatic rings. The van der Waals surface area contributed by atoms with Gasteiger partial charge >= 0.3 is 12.1 Å². The minimum Gasteiger partial charge on any atom is -0.291 e.